The summed E-state index contributed by atoms with van der Waals surface area (Å²) in [6.45, 7) is 2.95. The first-order valence-corrected chi connectivity index (χ1v) is 6.83. The van der Waals surface area contributed by atoms with Crippen molar-refractivity contribution in [3.05, 3.63) is 18.0 Å². The Morgan fingerprint density at radius 3 is 2.83 bits per heavy atom. The number of nitriles is 1. The molecule has 2 rings (SSSR count). The first-order valence-electron chi connectivity index (χ1n) is 6.83. The lowest BCUT2D eigenvalue weighted by Crippen LogP contribution is -2.29. The van der Waals surface area contributed by atoms with Crippen molar-refractivity contribution in [3.8, 4) is 6.07 Å². The molecule has 1 aliphatic rings. The molecule has 98 valence electrons. The van der Waals surface area contributed by atoms with Gasteiger partial charge in [0.15, 0.2) is 0 Å². The number of hydrogen-bond donors (Lipinski definition) is 1. The summed E-state index contributed by atoms with van der Waals surface area (Å²) in [6, 6.07) is 2.37. The highest BCUT2D eigenvalue weighted by Crippen LogP contribution is 2.45. The van der Waals surface area contributed by atoms with Crippen molar-refractivity contribution in [2.75, 3.05) is 0 Å². The third-order valence-electron chi connectivity index (χ3n) is 3.91. The average Bonchev–Trinajstić information content (AvgIpc) is 2.87. The van der Waals surface area contributed by atoms with E-state index in [1.807, 2.05) is 10.9 Å². The van der Waals surface area contributed by atoms with Gasteiger partial charge in [0.05, 0.1) is 17.7 Å². The fourth-order valence-corrected chi connectivity index (χ4v) is 2.82. The highest BCUT2D eigenvalue weighted by molar-refractivity contribution is 5.18. The van der Waals surface area contributed by atoms with Crippen LogP contribution >= 0.6 is 0 Å². The minimum absolute atomic E-state index is 0.599. The molecule has 0 radical (unpaired) electrons. The summed E-state index contributed by atoms with van der Waals surface area (Å²) in [5.41, 5.74) is 0.185. The smallest absolute Gasteiger partial charge is 0.101 e. The Balaban J connectivity index is 2.17. The van der Waals surface area contributed by atoms with Crippen LogP contribution in [0.25, 0.3) is 0 Å². The second-order valence-corrected chi connectivity index (χ2v) is 5.27. The van der Waals surface area contributed by atoms with Gasteiger partial charge in [-0.1, -0.05) is 26.2 Å². The van der Waals surface area contributed by atoms with Crippen LogP contribution in [0.3, 0.4) is 0 Å². The van der Waals surface area contributed by atoms with E-state index < -0.39 is 11.5 Å². The number of aryl methyl sites for hydroxylation is 1. The molecule has 18 heavy (non-hydrogen) atoms. The third-order valence-corrected chi connectivity index (χ3v) is 3.91. The van der Waals surface area contributed by atoms with E-state index in [0.717, 1.165) is 44.2 Å². The molecule has 0 amide bonds. The Hall–Kier alpha value is -1.34. The summed E-state index contributed by atoms with van der Waals surface area (Å²) in [5, 5.41) is 24.2. The van der Waals surface area contributed by atoms with Crippen molar-refractivity contribution >= 4 is 0 Å². The van der Waals surface area contributed by atoms with E-state index in [4.69, 9.17) is 0 Å². The first-order chi connectivity index (χ1) is 8.72. The van der Waals surface area contributed by atoms with Gasteiger partial charge in [-0.05, 0) is 19.3 Å². The lowest BCUT2D eigenvalue weighted by atomic mass is 9.70. The van der Waals surface area contributed by atoms with Gasteiger partial charge in [-0.2, -0.15) is 10.4 Å². The van der Waals surface area contributed by atoms with Crippen molar-refractivity contribution in [2.24, 2.45) is 5.41 Å². The zero-order chi connectivity index (χ0) is 13.0. The summed E-state index contributed by atoms with van der Waals surface area (Å²) in [5.74, 6) is 0. The van der Waals surface area contributed by atoms with Crippen LogP contribution in [0.5, 0.6) is 0 Å². The summed E-state index contributed by atoms with van der Waals surface area (Å²) < 4.78 is 1.84. The van der Waals surface area contributed by atoms with Crippen molar-refractivity contribution in [1.82, 2.24) is 9.78 Å². The number of aliphatic hydroxyl groups excluding tert-OH is 1. The van der Waals surface area contributed by atoms with Gasteiger partial charge in [0.1, 0.15) is 6.10 Å². The van der Waals surface area contributed by atoms with Crippen molar-refractivity contribution in [2.45, 2.75) is 58.1 Å². The van der Waals surface area contributed by atoms with Gasteiger partial charge in [-0.15, -0.1) is 0 Å². The van der Waals surface area contributed by atoms with Crippen molar-refractivity contribution in [3.63, 3.8) is 0 Å². The maximum Gasteiger partial charge on any atom is 0.101 e. The molecule has 1 aromatic heterocycles. The standard InChI is InChI=1S/C14H21N3O/c1-2-8-17-10-12(9-16-17)13(18)14(11-15)6-4-3-5-7-14/h9-10,13,18H,2-8H2,1H3. The number of hydrogen-bond acceptors (Lipinski definition) is 3. The molecular weight excluding hydrogens is 226 g/mol. The van der Waals surface area contributed by atoms with Crippen LogP contribution in [0.2, 0.25) is 0 Å². The monoisotopic (exact) mass is 247 g/mol. The minimum Gasteiger partial charge on any atom is -0.387 e. The van der Waals surface area contributed by atoms with E-state index in [1.165, 1.54) is 6.42 Å². The Kier molecular flexibility index (Phi) is 4.03. The van der Waals surface area contributed by atoms with Crippen LogP contribution in [-0.2, 0) is 6.54 Å². The molecule has 1 atom stereocenters. The summed E-state index contributed by atoms with van der Waals surface area (Å²) in [6.07, 6.45) is 8.73. The van der Waals surface area contributed by atoms with Crippen LogP contribution in [0, 0.1) is 16.7 Å². The average molecular weight is 247 g/mol. The number of aliphatic hydroxyl groups is 1. The van der Waals surface area contributed by atoms with E-state index in [2.05, 4.69) is 18.1 Å². The lowest BCUT2D eigenvalue weighted by molar-refractivity contribution is 0.0359. The third kappa shape index (κ3) is 2.41. The highest BCUT2D eigenvalue weighted by Gasteiger charge is 2.40. The number of nitrogens with zero attached hydrogens (tertiary/aromatic N) is 3. The molecule has 1 aliphatic carbocycles. The molecule has 1 fully saturated rings. The Morgan fingerprint density at radius 2 is 2.22 bits per heavy atom. The van der Waals surface area contributed by atoms with E-state index in [-0.39, 0.29) is 0 Å². The lowest BCUT2D eigenvalue weighted by Gasteiger charge is -2.34. The zero-order valence-electron chi connectivity index (χ0n) is 11.0. The Morgan fingerprint density at radius 1 is 1.50 bits per heavy atom. The van der Waals surface area contributed by atoms with E-state index in [9.17, 15) is 10.4 Å². The van der Waals surface area contributed by atoms with Gasteiger partial charge in [-0.25, -0.2) is 0 Å². The van der Waals surface area contributed by atoms with Gasteiger partial charge in [0.25, 0.3) is 0 Å². The SMILES string of the molecule is CCCn1cc(C(O)C2(C#N)CCCCC2)cn1. The van der Waals surface area contributed by atoms with Crippen LogP contribution in [0.1, 0.15) is 57.1 Å². The fraction of sp³-hybridized carbons (Fsp3) is 0.714. The van der Waals surface area contributed by atoms with Gasteiger partial charge in [-0.3, -0.25) is 4.68 Å². The topological polar surface area (TPSA) is 61.8 Å². The summed E-state index contributed by atoms with van der Waals surface area (Å²) in [7, 11) is 0. The largest absolute Gasteiger partial charge is 0.387 e. The minimum atomic E-state index is -0.701. The van der Waals surface area contributed by atoms with Crippen molar-refractivity contribution < 1.29 is 5.11 Å². The van der Waals surface area contributed by atoms with Gasteiger partial charge >= 0.3 is 0 Å². The summed E-state index contributed by atoms with van der Waals surface area (Å²) >= 11 is 0. The van der Waals surface area contributed by atoms with E-state index >= 15 is 0 Å². The predicted molar refractivity (Wildman–Crippen MR) is 68.6 cm³/mol. The van der Waals surface area contributed by atoms with Crippen LogP contribution in [0.15, 0.2) is 12.4 Å². The molecule has 0 spiro atoms. The van der Waals surface area contributed by atoms with Crippen LogP contribution in [-0.4, -0.2) is 14.9 Å². The second-order valence-electron chi connectivity index (χ2n) is 5.27. The van der Waals surface area contributed by atoms with Gasteiger partial charge in [0.2, 0.25) is 0 Å². The van der Waals surface area contributed by atoms with Crippen molar-refractivity contribution in [1.29, 1.82) is 5.26 Å². The number of rotatable bonds is 4. The molecule has 0 bridgehead atoms. The molecule has 1 saturated carbocycles. The number of aromatic nitrogens is 2. The normalized spacial score (nSPS) is 20.3. The van der Waals surface area contributed by atoms with E-state index in [1.54, 1.807) is 6.20 Å². The Bertz CT molecular complexity index is 426. The maximum atomic E-state index is 10.5. The first kappa shape index (κ1) is 13.1. The predicted octanol–water partition coefficient (Wildman–Crippen LogP) is 2.80. The maximum absolute atomic E-state index is 10.5. The molecule has 0 saturated heterocycles. The van der Waals surface area contributed by atoms with Crippen LogP contribution in [0.4, 0.5) is 0 Å². The highest BCUT2D eigenvalue weighted by atomic mass is 16.3. The van der Waals surface area contributed by atoms with E-state index in [0.29, 0.717) is 0 Å². The molecule has 0 aliphatic heterocycles. The molecule has 4 heteroatoms. The molecule has 1 unspecified atom stereocenters. The fourth-order valence-electron chi connectivity index (χ4n) is 2.82. The molecule has 1 N–H and O–H groups in total. The molecule has 4 nitrogen and oxygen atoms in total. The van der Waals surface area contributed by atoms with Gasteiger partial charge in [0, 0.05) is 18.3 Å². The van der Waals surface area contributed by atoms with Gasteiger partial charge < -0.3 is 5.11 Å². The van der Waals surface area contributed by atoms with Crippen LogP contribution < -0.4 is 0 Å². The molecule has 1 heterocycles. The molecular formula is C14H21N3O. The molecule has 1 aromatic rings. The molecule has 0 aromatic carbocycles. The zero-order valence-corrected chi connectivity index (χ0v) is 11.0. The summed E-state index contributed by atoms with van der Waals surface area (Å²) in [4.78, 5) is 0. The Labute approximate surface area is 108 Å². The quantitative estimate of drug-likeness (QED) is 0.890. The second kappa shape index (κ2) is 5.53.